The molecule has 1 unspecified atom stereocenters. The molecule has 0 saturated carbocycles. The van der Waals surface area contributed by atoms with Crippen molar-refractivity contribution in [1.29, 1.82) is 0 Å². The van der Waals surface area contributed by atoms with Gasteiger partial charge in [-0.15, -0.1) is 0 Å². The molecule has 0 radical (unpaired) electrons. The van der Waals surface area contributed by atoms with Crippen LogP contribution in [0.3, 0.4) is 0 Å². The second-order valence-corrected chi connectivity index (χ2v) is 8.60. The van der Waals surface area contributed by atoms with E-state index in [0.717, 1.165) is 13.0 Å². The molecule has 134 valence electrons. The summed E-state index contributed by atoms with van der Waals surface area (Å²) < 4.78 is 22.9. The Labute approximate surface area is 143 Å². The standard InChI is InChI=1S/C15H25N5O3S/c1-11-9-13(14(21)18-12-5-8-24(22,23)10-12)19-15(17-11)16-6-4-7-20(2)3/h9,12H,4-8,10H2,1-3H3,(H,18,21)(H,16,17,19). The third-order valence-corrected chi connectivity index (χ3v) is 5.49. The van der Waals surface area contributed by atoms with Crippen molar-refractivity contribution in [1.82, 2.24) is 20.2 Å². The highest BCUT2D eigenvalue weighted by Gasteiger charge is 2.29. The van der Waals surface area contributed by atoms with E-state index in [2.05, 4.69) is 25.5 Å². The summed E-state index contributed by atoms with van der Waals surface area (Å²) in [6, 6.07) is 1.26. The predicted molar refractivity (Wildman–Crippen MR) is 93.0 cm³/mol. The van der Waals surface area contributed by atoms with Crippen LogP contribution >= 0.6 is 0 Å². The molecule has 0 aromatic carbocycles. The number of sulfone groups is 1. The average molecular weight is 355 g/mol. The molecule has 0 bridgehead atoms. The largest absolute Gasteiger partial charge is 0.354 e. The van der Waals surface area contributed by atoms with Crippen LogP contribution in [0.4, 0.5) is 5.95 Å². The summed E-state index contributed by atoms with van der Waals surface area (Å²) in [5.74, 6) is 0.176. The summed E-state index contributed by atoms with van der Waals surface area (Å²) in [6.45, 7) is 3.45. The van der Waals surface area contributed by atoms with Crippen LogP contribution in [-0.4, -0.2) is 73.9 Å². The molecule has 1 fully saturated rings. The fourth-order valence-electron chi connectivity index (χ4n) is 2.53. The van der Waals surface area contributed by atoms with Gasteiger partial charge in [-0.2, -0.15) is 0 Å². The van der Waals surface area contributed by atoms with Gasteiger partial charge in [-0.05, 0) is 46.5 Å². The van der Waals surface area contributed by atoms with Crippen molar-refractivity contribution in [2.24, 2.45) is 0 Å². The lowest BCUT2D eigenvalue weighted by molar-refractivity contribution is 0.0936. The number of aromatic nitrogens is 2. The van der Waals surface area contributed by atoms with Gasteiger partial charge in [-0.3, -0.25) is 4.79 Å². The van der Waals surface area contributed by atoms with Gasteiger partial charge in [0.25, 0.3) is 5.91 Å². The van der Waals surface area contributed by atoms with Gasteiger partial charge < -0.3 is 15.5 Å². The van der Waals surface area contributed by atoms with Crippen LogP contribution in [0.1, 0.15) is 29.0 Å². The number of rotatable bonds is 7. The van der Waals surface area contributed by atoms with Gasteiger partial charge in [0.2, 0.25) is 5.95 Å². The molecule has 2 N–H and O–H groups in total. The van der Waals surface area contributed by atoms with Crippen molar-refractivity contribution in [2.75, 3.05) is 44.0 Å². The van der Waals surface area contributed by atoms with E-state index in [4.69, 9.17) is 0 Å². The molecule has 9 heteroatoms. The summed E-state index contributed by atoms with van der Waals surface area (Å²) in [5.41, 5.74) is 0.936. The average Bonchev–Trinajstić information content (AvgIpc) is 2.82. The lowest BCUT2D eigenvalue weighted by atomic mass is 10.2. The Kier molecular flexibility index (Phi) is 6.11. The fourth-order valence-corrected chi connectivity index (χ4v) is 4.20. The molecule has 0 spiro atoms. The van der Waals surface area contributed by atoms with Crippen LogP contribution in [0.15, 0.2) is 6.07 Å². The molecule has 1 aromatic rings. The van der Waals surface area contributed by atoms with Gasteiger partial charge in [-0.25, -0.2) is 18.4 Å². The summed E-state index contributed by atoms with van der Waals surface area (Å²) in [7, 11) is 0.992. The molecule has 1 amide bonds. The number of anilines is 1. The van der Waals surface area contributed by atoms with Crippen LogP contribution in [0.2, 0.25) is 0 Å². The summed E-state index contributed by atoms with van der Waals surface area (Å²) in [6.07, 6.45) is 1.39. The van der Waals surface area contributed by atoms with Gasteiger partial charge in [0, 0.05) is 18.3 Å². The van der Waals surface area contributed by atoms with E-state index in [1.165, 1.54) is 0 Å². The molecule has 24 heavy (non-hydrogen) atoms. The summed E-state index contributed by atoms with van der Waals surface area (Å²) >= 11 is 0. The summed E-state index contributed by atoms with van der Waals surface area (Å²) in [4.78, 5) is 22.9. The minimum Gasteiger partial charge on any atom is -0.354 e. The van der Waals surface area contributed by atoms with E-state index in [-0.39, 0.29) is 29.1 Å². The van der Waals surface area contributed by atoms with Gasteiger partial charge in [0.15, 0.2) is 9.84 Å². The van der Waals surface area contributed by atoms with Crippen LogP contribution < -0.4 is 10.6 Å². The van der Waals surface area contributed by atoms with Crippen LogP contribution in [-0.2, 0) is 9.84 Å². The van der Waals surface area contributed by atoms with Gasteiger partial charge >= 0.3 is 0 Å². The minimum atomic E-state index is -3.03. The van der Waals surface area contributed by atoms with Crippen LogP contribution in [0.25, 0.3) is 0 Å². The van der Waals surface area contributed by atoms with Crippen molar-refractivity contribution in [3.63, 3.8) is 0 Å². The number of aryl methyl sites for hydroxylation is 1. The molecule has 1 atom stereocenters. The molecule has 1 aliphatic heterocycles. The molecule has 1 saturated heterocycles. The molecular weight excluding hydrogens is 330 g/mol. The van der Waals surface area contributed by atoms with E-state index >= 15 is 0 Å². The predicted octanol–water partition coefficient (Wildman–Crippen LogP) is 0.0655. The van der Waals surface area contributed by atoms with E-state index in [9.17, 15) is 13.2 Å². The number of amides is 1. The van der Waals surface area contributed by atoms with Crippen LogP contribution in [0, 0.1) is 6.92 Å². The number of carbonyl (C=O) groups excluding carboxylic acids is 1. The van der Waals surface area contributed by atoms with Crippen molar-refractivity contribution in [2.45, 2.75) is 25.8 Å². The van der Waals surface area contributed by atoms with Gasteiger partial charge in [-0.1, -0.05) is 0 Å². The second kappa shape index (κ2) is 7.89. The minimum absolute atomic E-state index is 0.00154. The van der Waals surface area contributed by atoms with Crippen molar-refractivity contribution in [3.05, 3.63) is 17.5 Å². The first-order chi connectivity index (χ1) is 11.2. The Morgan fingerprint density at radius 2 is 2.12 bits per heavy atom. The van der Waals surface area contributed by atoms with Crippen LogP contribution in [0.5, 0.6) is 0 Å². The molecule has 2 heterocycles. The zero-order valence-electron chi connectivity index (χ0n) is 14.4. The van der Waals surface area contributed by atoms with E-state index in [1.807, 2.05) is 14.1 Å². The zero-order valence-corrected chi connectivity index (χ0v) is 15.2. The Bertz CT molecular complexity index is 690. The highest BCUT2D eigenvalue weighted by Crippen LogP contribution is 2.12. The maximum atomic E-state index is 12.3. The second-order valence-electron chi connectivity index (χ2n) is 6.38. The number of nitrogens with zero attached hydrogens (tertiary/aromatic N) is 3. The highest BCUT2D eigenvalue weighted by molar-refractivity contribution is 7.91. The quantitative estimate of drug-likeness (QED) is 0.667. The maximum Gasteiger partial charge on any atom is 0.270 e. The fraction of sp³-hybridized carbons (Fsp3) is 0.667. The topological polar surface area (TPSA) is 104 Å². The Balaban J connectivity index is 1.95. The molecule has 1 aliphatic rings. The smallest absolute Gasteiger partial charge is 0.270 e. The Morgan fingerprint density at radius 1 is 1.38 bits per heavy atom. The first kappa shape index (κ1) is 18.6. The number of hydrogen-bond donors (Lipinski definition) is 2. The van der Waals surface area contributed by atoms with Gasteiger partial charge in [0.05, 0.1) is 11.5 Å². The SMILES string of the molecule is Cc1cc(C(=O)NC2CCS(=O)(=O)C2)nc(NCCCN(C)C)n1. The third-order valence-electron chi connectivity index (χ3n) is 3.72. The van der Waals surface area contributed by atoms with E-state index in [1.54, 1.807) is 13.0 Å². The lowest BCUT2D eigenvalue weighted by Gasteiger charge is -2.12. The molecule has 2 rings (SSSR count). The lowest BCUT2D eigenvalue weighted by Crippen LogP contribution is -2.36. The Morgan fingerprint density at radius 3 is 2.75 bits per heavy atom. The first-order valence-corrected chi connectivity index (χ1v) is 9.83. The zero-order chi connectivity index (χ0) is 17.7. The van der Waals surface area contributed by atoms with Crippen molar-refractivity contribution >= 4 is 21.7 Å². The third kappa shape index (κ3) is 5.72. The number of hydrogen-bond acceptors (Lipinski definition) is 7. The Hall–Kier alpha value is -1.74. The highest BCUT2D eigenvalue weighted by atomic mass is 32.2. The molecule has 1 aromatic heterocycles. The van der Waals surface area contributed by atoms with E-state index in [0.29, 0.717) is 24.6 Å². The van der Waals surface area contributed by atoms with Crippen molar-refractivity contribution in [3.8, 4) is 0 Å². The first-order valence-electron chi connectivity index (χ1n) is 8.01. The normalized spacial score (nSPS) is 19.4. The number of carbonyl (C=O) groups is 1. The van der Waals surface area contributed by atoms with Gasteiger partial charge in [0.1, 0.15) is 5.69 Å². The summed E-state index contributed by atoms with van der Waals surface area (Å²) in [5, 5.41) is 5.86. The molecular formula is C15H25N5O3S. The maximum absolute atomic E-state index is 12.3. The van der Waals surface area contributed by atoms with Crippen molar-refractivity contribution < 1.29 is 13.2 Å². The molecule has 8 nitrogen and oxygen atoms in total. The number of nitrogens with one attached hydrogen (secondary N) is 2. The van der Waals surface area contributed by atoms with E-state index < -0.39 is 9.84 Å². The monoisotopic (exact) mass is 355 g/mol. The molecule has 0 aliphatic carbocycles.